The molecule has 0 spiro atoms. The van der Waals surface area contributed by atoms with Crippen LogP contribution in [0.5, 0.6) is 0 Å². The molecule has 0 unspecified atom stereocenters. The summed E-state index contributed by atoms with van der Waals surface area (Å²) in [5.74, 6) is 0. The molecule has 0 aliphatic rings. The highest BCUT2D eigenvalue weighted by Crippen LogP contribution is 2.08. The number of nitrogens with two attached hydrogens (primary N) is 1. The Bertz CT molecular complexity index is 514. The van der Waals surface area contributed by atoms with Gasteiger partial charge in [0.25, 0.3) is 0 Å². The van der Waals surface area contributed by atoms with E-state index in [9.17, 15) is 4.79 Å². The van der Waals surface area contributed by atoms with Gasteiger partial charge < -0.3 is 5.73 Å². The lowest BCUT2D eigenvalue weighted by Crippen LogP contribution is -2.35. The number of urea groups is 1. The van der Waals surface area contributed by atoms with E-state index in [1.165, 1.54) is 5.06 Å². The van der Waals surface area contributed by atoms with Crippen molar-refractivity contribution in [2.75, 3.05) is 0 Å². The van der Waals surface area contributed by atoms with E-state index in [4.69, 9.17) is 10.6 Å². The van der Waals surface area contributed by atoms with Crippen LogP contribution in [-0.4, -0.2) is 11.1 Å². The molecule has 4 heteroatoms. The number of hydrogen-bond acceptors (Lipinski definition) is 2. The van der Waals surface area contributed by atoms with E-state index in [0.717, 1.165) is 11.1 Å². The number of benzene rings is 2. The number of amides is 2. The van der Waals surface area contributed by atoms with E-state index >= 15 is 0 Å². The van der Waals surface area contributed by atoms with Gasteiger partial charge >= 0.3 is 6.03 Å². The van der Waals surface area contributed by atoms with Crippen molar-refractivity contribution in [3.05, 3.63) is 71.8 Å². The van der Waals surface area contributed by atoms with E-state index in [1.54, 1.807) is 0 Å². The van der Waals surface area contributed by atoms with Crippen LogP contribution in [0.15, 0.2) is 60.7 Å². The molecule has 0 aromatic heterocycles. The van der Waals surface area contributed by atoms with Crippen LogP contribution in [0.1, 0.15) is 11.1 Å². The van der Waals surface area contributed by atoms with E-state index in [-0.39, 0.29) is 0 Å². The Morgan fingerprint density at radius 1 is 0.947 bits per heavy atom. The first-order valence-corrected chi connectivity index (χ1v) is 6.03. The van der Waals surface area contributed by atoms with Crippen LogP contribution < -0.4 is 5.73 Å². The van der Waals surface area contributed by atoms with Crippen LogP contribution >= 0.6 is 0 Å². The Balaban J connectivity index is 1.95. The zero-order valence-electron chi connectivity index (χ0n) is 10.5. The Morgan fingerprint density at radius 3 is 2.00 bits per heavy atom. The summed E-state index contributed by atoms with van der Waals surface area (Å²) in [6.07, 6.45) is 0. The lowest BCUT2D eigenvalue weighted by atomic mass is 10.2. The predicted octanol–water partition coefficient (Wildman–Crippen LogP) is 2.70. The molecule has 0 bridgehead atoms. The SMILES string of the molecule is NC(=O)N(Cc1ccccc1)OCc1ccccc1. The maximum absolute atomic E-state index is 11.3. The summed E-state index contributed by atoms with van der Waals surface area (Å²) in [4.78, 5) is 16.8. The number of nitrogens with zero attached hydrogens (tertiary/aromatic N) is 1. The van der Waals surface area contributed by atoms with Gasteiger partial charge in [0, 0.05) is 0 Å². The fourth-order valence-corrected chi connectivity index (χ4v) is 1.66. The van der Waals surface area contributed by atoms with E-state index < -0.39 is 6.03 Å². The molecule has 0 radical (unpaired) electrons. The summed E-state index contributed by atoms with van der Waals surface area (Å²) in [6.45, 7) is 0.652. The van der Waals surface area contributed by atoms with Gasteiger partial charge in [-0.1, -0.05) is 60.7 Å². The van der Waals surface area contributed by atoms with Crippen LogP contribution in [0.4, 0.5) is 4.79 Å². The highest BCUT2D eigenvalue weighted by Gasteiger charge is 2.11. The minimum atomic E-state index is -0.597. The van der Waals surface area contributed by atoms with Crippen molar-refractivity contribution in [3.63, 3.8) is 0 Å². The largest absolute Gasteiger partial charge is 0.350 e. The molecule has 4 nitrogen and oxygen atoms in total. The van der Waals surface area contributed by atoms with Crippen molar-refractivity contribution in [3.8, 4) is 0 Å². The molecule has 19 heavy (non-hydrogen) atoms. The Hall–Kier alpha value is -2.33. The molecule has 0 heterocycles. The van der Waals surface area contributed by atoms with Gasteiger partial charge in [0.2, 0.25) is 0 Å². The molecule has 0 fully saturated rings. The zero-order valence-corrected chi connectivity index (χ0v) is 10.5. The third-order valence-corrected chi connectivity index (χ3v) is 2.64. The summed E-state index contributed by atoms with van der Waals surface area (Å²) < 4.78 is 0. The maximum atomic E-state index is 11.3. The molecule has 2 aromatic rings. The van der Waals surface area contributed by atoms with Gasteiger partial charge in [-0.2, -0.15) is 5.06 Å². The minimum Gasteiger partial charge on any atom is -0.350 e. The number of carbonyl (C=O) groups is 1. The van der Waals surface area contributed by atoms with E-state index in [0.29, 0.717) is 13.2 Å². The van der Waals surface area contributed by atoms with Gasteiger partial charge in [0.1, 0.15) is 6.61 Å². The third kappa shape index (κ3) is 4.12. The summed E-state index contributed by atoms with van der Waals surface area (Å²) in [5, 5.41) is 1.17. The lowest BCUT2D eigenvalue weighted by molar-refractivity contribution is -0.132. The molecular formula is C15H16N2O2. The second-order valence-electron chi connectivity index (χ2n) is 4.12. The molecular weight excluding hydrogens is 240 g/mol. The molecule has 2 rings (SSSR count). The van der Waals surface area contributed by atoms with Crippen LogP contribution in [0.2, 0.25) is 0 Å². The van der Waals surface area contributed by atoms with Gasteiger partial charge in [-0.05, 0) is 11.1 Å². The second-order valence-corrected chi connectivity index (χ2v) is 4.12. The average Bonchev–Trinajstić information content (AvgIpc) is 2.45. The number of hydrogen-bond donors (Lipinski definition) is 1. The van der Waals surface area contributed by atoms with Crippen LogP contribution in [0, 0.1) is 0 Å². The molecule has 98 valence electrons. The van der Waals surface area contributed by atoms with Crippen molar-refractivity contribution in [2.24, 2.45) is 5.73 Å². The zero-order chi connectivity index (χ0) is 13.5. The third-order valence-electron chi connectivity index (χ3n) is 2.64. The van der Waals surface area contributed by atoms with Crippen molar-refractivity contribution in [2.45, 2.75) is 13.2 Å². The normalized spacial score (nSPS) is 10.1. The van der Waals surface area contributed by atoms with E-state index in [1.807, 2.05) is 60.7 Å². The molecule has 0 saturated carbocycles. The number of rotatable bonds is 5. The highest BCUT2D eigenvalue weighted by molar-refractivity contribution is 5.70. The van der Waals surface area contributed by atoms with Crippen molar-refractivity contribution < 1.29 is 9.63 Å². The Kier molecular flexibility index (Phi) is 4.53. The summed E-state index contributed by atoms with van der Waals surface area (Å²) >= 11 is 0. The monoisotopic (exact) mass is 256 g/mol. The molecule has 2 aromatic carbocycles. The van der Waals surface area contributed by atoms with Gasteiger partial charge in [0.05, 0.1) is 6.54 Å². The number of carbonyl (C=O) groups excluding carboxylic acids is 1. The smallest absolute Gasteiger partial charge is 0.339 e. The summed E-state index contributed by atoms with van der Waals surface area (Å²) in [7, 11) is 0. The first kappa shape index (κ1) is 13.1. The summed E-state index contributed by atoms with van der Waals surface area (Å²) in [6, 6.07) is 18.6. The lowest BCUT2D eigenvalue weighted by Gasteiger charge is -2.19. The van der Waals surface area contributed by atoms with Crippen LogP contribution in [0.3, 0.4) is 0 Å². The van der Waals surface area contributed by atoms with Crippen molar-refractivity contribution in [1.82, 2.24) is 5.06 Å². The standard InChI is InChI=1S/C15H16N2O2/c16-15(18)17(11-13-7-3-1-4-8-13)19-12-14-9-5-2-6-10-14/h1-10H,11-12H2,(H2,16,18). The minimum absolute atomic E-state index is 0.316. The van der Waals surface area contributed by atoms with Crippen molar-refractivity contribution in [1.29, 1.82) is 0 Å². The van der Waals surface area contributed by atoms with Gasteiger partial charge in [-0.15, -0.1) is 0 Å². The second kappa shape index (κ2) is 6.56. The fourth-order valence-electron chi connectivity index (χ4n) is 1.66. The Morgan fingerprint density at radius 2 is 1.47 bits per heavy atom. The van der Waals surface area contributed by atoms with Crippen LogP contribution in [-0.2, 0) is 18.0 Å². The molecule has 0 aliphatic carbocycles. The van der Waals surface area contributed by atoms with Crippen molar-refractivity contribution >= 4 is 6.03 Å². The van der Waals surface area contributed by atoms with Gasteiger partial charge in [0.15, 0.2) is 0 Å². The van der Waals surface area contributed by atoms with Gasteiger partial charge in [-0.3, -0.25) is 4.84 Å². The maximum Gasteiger partial charge on any atom is 0.339 e. The van der Waals surface area contributed by atoms with Gasteiger partial charge in [-0.25, -0.2) is 4.79 Å². The Labute approximate surface area is 112 Å². The highest BCUT2D eigenvalue weighted by atomic mass is 16.7. The number of primary amides is 1. The quantitative estimate of drug-likeness (QED) is 0.836. The molecule has 2 N–H and O–H groups in total. The predicted molar refractivity (Wildman–Crippen MR) is 72.8 cm³/mol. The molecule has 2 amide bonds. The average molecular weight is 256 g/mol. The number of hydroxylamine groups is 2. The first-order chi connectivity index (χ1) is 9.25. The first-order valence-electron chi connectivity index (χ1n) is 6.03. The molecule has 0 saturated heterocycles. The topological polar surface area (TPSA) is 55.6 Å². The summed E-state index contributed by atoms with van der Waals surface area (Å²) in [5.41, 5.74) is 7.27. The van der Waals surface area contributed by atoms with E-state index in [2.05, 4.69) is 0 Å². The van der Waals surface area contributed by atoms with Crippen LogP contribution in [0.25, 0.3) is 0 Å². The fraction of sp³-hybridized carbons (Fsp3) is 0.133. The molecule has 0 aliphatic heterocycles. The molecule has 0 atom stereocenters.